The maximum Gasteiger partial charge on any atom is 0.323 e. The van der Waals surface area contributed by atoms with Crippen molar-refractivity contribution in [2.24, 2.45) is 0 Å². The van der Waals surface area contributed by atoms with Gasteiger partial charge in [-0.2, -0.15) is 0 Å². The highest BCUT2D eigenvalue weighted by atomic mass is 32.2. The van der Waals surface area contributed by atoms with Crippen LogP contribution >= 0.6 is 11.8 Å². The van der Waals surface area contributed by atoms with Crippen LogP contribution in [0.1, 0.15) is 6.92 Å². The third-order valence-corrected chi connectivity index (χ3v) is 5.06. The quantitative estimate of drug-likeness (QED) is 0.483. The zero-order valence-corrected chi connectivity index (χ0v) is 14.8. The summed E-state index contributed by atoms with van der Waals surface area (Å²) in [7, 11) is 0. The molecular weight excluding hydrogens is 348 g/mol. The number of thioether (sulfide) groups is 1. The predicted molar refractivity (Wildman–Crippen MR) is 105 cm³/mol. The van der Waals surface area contributed by atoms with E-state index in [1.54, 1.807) is 18.2 Å². The number of carbonyl (C=O) groups is 1. The number of para-hydroxylation sites is 1. The van der Waals surface area contributed by atoms with Gasteiger partial charge < -0.3 is 15.3 Å². The van der Waals surface area contributed by atoms with Gasteiger partial charge in [-0.05, 0) is 37.3 Å². The monoisotopic (exact) mass is 364 g/mol. The van der Waals surface area contributed by atoms with Gasteiger partial charge in [-0.3, -0.25) is 4.79 Å². The molecule has 3 N–H and O–H groups in total. The molecule has 1 amide bonds. The van der Waals surface area contributed by atoms with E-state index >= 15 is 0 Å². The first-order valence-electron chi connectivity index (χ1n) is 8.14. The van der Waals surface area contributed by atoms with Crippen LogP contribution in [0.15, 0.2) is 64.4 Å². The molecule has 0 aliphatic carbocycles. The molecule has 0 radical (unpaired) electrons. The number of nitrogens with zero attached hydrogens (tertiary/aromatic N) is 1. The summed E-state index contributed by atoms with van der Waals surface area (Å²) in [4.78, 5) is 33.7. The number of H-pyrrole nitrogens is 2. The molecule has 0 spiro atoms. The molecule has 0 aliphatic heterocycles. The molecule has 2 aromatic heterocycles. The van der Waals surface area contributed by atoms with Crippen LogP contribution in [0.3, 0.4) is 0 Å². The largest absolute Gasteiger partial charge is 0.325 e. The highest BCUT2D eigenvalue weighted by Crippen LogP contribution is 2.25. The summed E-state index contributed by atoms with van der Waals surface area (Å²) in [5, 5.41) is 4.44. The van der Waals surface area contributed by atoms with Crippen LogP contribution < -0.4 is 11.0 Å². The number of aromatic amines is 2. The number of aromatic nitrogens is 3. The summed E-state index contributed by atoms with van der Waals surface area (Å²) in [5.41, 5.74) is 2.64. The zero-order valence-electron chi connectivity index (χ0n) is 13.9. The lowest BCUT2D eigenvalue weighted by molar-refractivity contribution is -0.115. The third-order valence-electron chi connectivity index (χ3n) is 4.02. The van der Waals surface area contributed by atoms with E-state index in [2.05, 4.69) is 20.3 Å². The maximum absolute atomic E-state index is 12.5. The van der Waals surface area contributed by atoms with Gasteiger partial charge in [-0.15, -0.1) is 0 Å². The number of pyridine rings is 1. The molecule has 0 bridgehead atoms. The minimum atomic E-state index is -0.315. The van der Waals surface area contributed by atoms with Crippen molar-refractivity contribution >= 4 is 45.3 Å². The summed E-state index contributed by atoms with van der Waals surface area (Å²) in [5.74, 6) is -0.123. The molecule has 1 atom stereocenters. The van der Waals surface area contributed by atoms with Crippen LogP contribution in [0, 0.1) is 0 Å². The number of hydrogen-bond donors (Lipinski definition) is 3. The second-order valence-electron chi connectivity index (χ2n) is 5.93. The summed E-state index contributed by atoms with van der Waals surface area (Å²) in [6.45, 7) is 1.84. The Morgan fingerprint density at radius 2 is 1.88 bits per heavy atom. The fraction of sp³-hybridized carbons (Fsp3) is 0.105. The second kappa shape index (κ2) is 6.68. The average Bonchev–Trinajstić information content (AvgIpc) is 3.01. The van der Waals surface area contributed by atoms with E-state index < -0.39 is 0 Å². The Morgan fingerprint density at radius 1 is 1.08 bits per heavy atom. The van der Waals surface area contributed by atoms with Crippen LogP contribution in [-0.4, -0.2) is 26.1 Å². The van der Waals surface area contributed by atoms with Crippen LogP contribution in [0.4, 0.5) is 5.69 Å². The number of hydrogen-bond acceptors (Lipinski definition) is 4. The first-order chi connectivity index (χ1) is 12.6. The molecule has 4 rings (SSSR count). The van der Waals surface area contributed by atoms with Gasteiger partial charge in [-0.25, -0.2) is 9.78 Å². The predicted octanol–water partition coefficient (Wildman–Crippen LogP) is 3.52. The molecule has 130 valence electrons. The molecule has 2 heterocycles. The molecule has 7 heteroatoms. The molecule has 2 aromatic carbocycles. The Balaban J connectivity index is 1.48. The molecule has 0 unspecified atom stereocenters. The van der Waals surface area contributed by atoms with Crippen molar-refractivity contribution in [3.05, 3.63) is 65.1 Å². The van der Waals surface area contributed by atoms with Crippen LogP contribution in [-0.2, 0) is 4.79 Å². The van der Waals surface area contributed by atoms with Crippen molar-refractivity contribution in [3.8, 4) is 0 Å². The zero-order chi connectivity index (χ0) is 18.1. The van der Waals surface area contributed by atoms with E-state index in [4.69, 9.17) is 0 Å². The topological polar surface area (TPSA) is 90.6 Å². The van der Waals surface area contributed by atoms with E-state index in [0.29, 0.717) is 16.7 Å². The van der Waals surface area contributed by atoms with E-state index in [0.717, 1.165) is 15.9 Å². The Hall–Kier alpha value is -3.06. The van der Waals surface area contributed by atoms with E-state index in [-0.39, 0.29) is 16.8 Å². The minimum Gasteiger partial charge on any atom is -0.325 e. The van der Waals surface area contributed by atoms with Gasteiger partial charge in [0.05, 0.1) is 26.8 Å². The lowest BCUT2D eigenvalue weighted by Crippen LogP contribution is -2.22. The second-order valence-corrected chi connectivity index (χ2v) is 7.29. The minimum absolute atomic E-state index is 0.123. The smallest absolute Gasteiger partial charge is 0.323 e. The Bertz CT molecular complexity index is 1160. The fourth-order valence-corrected chi connectivity index (χ4v) is 3.53. The fourth-order valence-electron chi connectivity index (χ4n) is 2.70. The molecule has 0 saturated carbocycles. The number of anilines is 1. The van der Waals surface area contributed by atoms with Crippen molar-refractivity contribution in [3.63, 3.8) is 0 Å². The van der Waals surface area contributed by atoms with Crippen LogP contribution in [0.2, 0.25) is 0 Å². The molecular formula is C19H16N4O2S. The highest BCUT2D eigenvalue weighted by Gasteiger charge is 2.16. The number of amides is 1. The molecule has 0 saturated heterocycles. The molecule has 6 nitrogen and oxygen atoms in total. The van der Waals surface area contributed by atoms with Crippen molar-refractivity contribution in [1.82, 2.24) is 15.0 Å². The standard InChI is InChI=1S/C19H16N4O2S/c1-11(26-17-9-6-12-4-2-3-5-14(12)21-17)18(24)20-13-7-8-15-16(10-13)23-19(25)22-15/h2-11H,1H3,(H,20,24)(H2,22,23,25)/t11-/m1/s1. The summed E-state index contributed by atoms with van der Waals surface area (Å²) in [6.07, 6.45) is 0. The van der Waals surface area contributed by atoms with Crippen molar-refractivity contribution in [1.29, 1.82) is 0 Å². The van der Waals surface area contributed by atoms with Crippen molar-refractivity contribution in [2.45, 2.75) is 17.2 Å². The number of carbonyl (C=O) groups excluding carboxylic acids is 1. The molecule has 0 fully saturated rings. The third kappa shape index (κ3) is 3.34. The van der Waals surface area contributed by atoms with Gasteiger partial charge in [0.1, 0.15) is 0 Å². The lowest BCUT2D eigenvalue weighted by atomic mass is 10.2. The lowest BCUT2D eigenvalue weighted by Gasteiger charge is -2.12. The Morgan fingerprint density at radius 3 is 2.77 bits per heavy atom. The SMILES string of the molecule is C[C@@H](Sc1ccc2ccccc2n1)C(=O)Nc1ccc2[nH]c(=O)[nH]c2c1. The normalized spacial score (nSPS) is 12.3. The highest BCUT2D eigenvalue weighted by molar-refractivity contribution is 8.00. The number of nitrogens with one attached hydrogen (secondary N) is 3. The average molecular weight is 364 g/mol. The Labute approximate surface area is 153 Å². The summed E-state index contributed by atoms with van der Waals surface area (Å²) in [6, 6.07) is 17.1. The van der Waals surface area contributed by atoms with E-state index in [1.165, 1.54) is 11.8 Å². The number of imidazole rings is 1. The Kier molecular flexibility index (Phi) is 4.22. The van der Waals surface area contributed by atoms with Gasteiger partial charge in [0, 0.05) is 11.1 Å². The van der Waals surface area contributed by atoms with Gasteiger partial charge >= 0.3 is 5.69 Å². The van der Waals surface area contributed by atoms with Gasteiger partial charge in [0.2, 0.25) is 5.91 Å². The number of rotatable bonds is 4. The molecule has 26 heavy (non-hydrogen) atoms. The maximum atomic E-state index is 12.5. The van der Waals surface area contributed by atoms with E-state index in [9.17, 15) is 9.59 Å². The van der Waals surface area contributed by atoms with Crippen molar-refractivity contribution < 1.29 is 4.79 Å². The van der Waals surface area contributed by atoms with Crippen LogP contribution in [0.5, 0.6) is 0 Å². The van der Waals surface area contributed by atoms with Gasteiger partial charge in [-0.1, -0.05) is 36.0 Å². The van der Waals surface area contributed by atoms with Gasteiger partial charge in [0.25, 0.3) is 0 Å². The number of fused-ring (bicyclic) bond motifs is 2. The first-order valence-corrected chi connectivity index (χ1v) is 9.02. The van der Waals surface area contributed by atoms with Gasteiger partial charge in [0.15, 0.2) is 0 Å². The van der Waals surface area contributed by atoms with Crippen LogP contribution in [0.25, 0.3) is 21.9 Å². The van der Waals surface area contributed by atoms with Crippen molar-refractivity contribution in [2.75, 3.05) is 5.32 Å². The number of benzene rings is 2. The molecule has 0 aliphatic rings. The molecule has 4 aromatic rings. The summed E-state index contributed by atoms with van der Waals surface area (Å²) >= 11 is 1.41. The first kappa shape index (κ1) is 16.4. The van der Waals surface area contributed by atoms with E-state index in [1.807, 2.05) is 43.3 Å². The summed E-state index contributed by atoms with van der Waals surface area (Å²) < 4.78 is 0.